The summed E-state index contributed by atoms with van der Waals surface area (Å²) in [6.45, 7) is 1.90. The molecule has 0 fully saturated rings. The Morgan fingerprint density at radius 2 is 2.03 bits per heavy atom. The molecular formula is C22H22BrN3O3. The number of carbonyl (C=O) groups is 1. The normalized spacial score (nSPS) is 10.9. The maximum atomic E-state index is 11.9. The first-order valence-electron chi connectivity index (χ1n) is 9.01. The summed E-state index contributed by atoms with van der Waals surface area (Å²) in [7, 11) is 3.89. The van der Waals surface area contributed by atoms with Gasteiger partial charge in [-0.05, 0) is 48.9 Å². The fraction of sp³-hybridized carbons (Fsp3) is 0.182. The molecule has 7 heteroatoms. The van der Waals surface area contributed by atoms with Crippen LogP contribution in [0.5, 0.6) is 5.75 Å². The van der Waals surface area contributed by atoms with Crippen LogP contribution in [-0.2, 0) is 4.79 Å². The van der Waals surface area contributed by atoms with Crippen molar-refractivity contribution in [3.63, 3.8) is 0 Å². The van der Waals surface area contributed by atoms with Crippen molar-refractivity contribution in [2.75, 3.05) is 25.6 Å². The first kappa shape index (κ1) is 20.7. The molecule has 1 heterocycles. The number of amides is 1. The van der Waals surface area contributed by atoms with Crippen LogP contribution in [-0.4, -0.2) is 32.8 Å². The molecule has 0 radical (unpaired) electrons. The molecule has 0 atom stereocenters. The van der Waals surface area contributed by atoms with Gasteiger partial charge < -0.3 is 14.1 Å². The Morgan fingerprint density at radius 3 is 2.79 bits per heavy atom. The van der Waals surface area contributed by atoms with Gasteiger partial charge in [-0.1, -0.05) is 28.1 Å². The second kappa shape index (κ2) is 9.43. The van der Waals surface area contributed by atoms with E-state index in [1.54, 1.807) is 12.1 Å². The lowest BCUT2D eigenvalue weighted by molar-refractivity contribution is -0.123. The molecule has 2 aromatic carbocycles. The summed E-state index contributed by atoms with van der Waals surface area (Å²) in [4.78, 5) is 13.9. The fourth-order valence-corrected chi connectivity index (χ4v) is 3.28. The number of rotatable bonds is 7. The van der Waals surface area contributed by atoms with Crippen molar-refractivity contribution in [3.8, 4) is 17.1 Å². The van der Waals surface area contributed by atoms with Gasteiger partial charge in [-0.25, -0.2) is 5.43 Å². The molecule has 0 aliphatic rings. The Morgan fingerprint density at radius 1 is 1.21 bits per heavy atom. The smallest absolute Gasteiger partial charge is 0.277 e. The van der Waals surface area contributed by atoms with E-state index >= 15 is 0 Å². The molecule has 0 bridgehead atoms. The van der Waals surface area contributed by atoms with E-state index in [0.717, 1.165) is 21.3 Å². The average Bonchev–Trinajstić information content (AvgIpc) is 3.15. The molecular weight excluding hydrogens is 434 g/mol. The lowest BCUT2D eigenvalue weighted by Crippen LogP contribution is -2.24. The Balaban J connectivity index is 1.53. The highest BCUT2D eigenvalue weighted by molar-refractivity contribution is 9.10. The van der Waals surface area contributed by atoms with Crippen molar-refractivity contribution < 1.29 is 13.9 Å². The number of hydrogen-bond donors (Lipinski definition) is 1. The van der Waals surface area contributed by atoms with E-state index in [4.69, 9.17) is 9.15 Å². The molecule has 6 nitrogen and oxygen atoms in total. The van der Waals surface area contributed by atoms with Gasteiger partial charge in [0.15, 0.2) is 6.61 Å². The number of hydrogen-bond acceptors (Lipinski definition) is 5. The summed E-state index contributed by atoms with van der Waals surface area (Å²) >= 11 is 3.55. The predicted octanol–water partition coefficient (Wildman–Crippen LogP) is 4.61. The van der Waals surface area contributed by atoms with Crippen LogP contribution in [0.25, 0.3) is 11.3 Å². The van der Waals surface area contributed by atoms with E-state index in [2.05, 4.69) is 26.5 Å². The third-order valence-electron chi connectivity index (χ3n) is 4.10. The van der Waals surface area contributed by atoms with E-state index in [9.17, 15) is 4.79 Å². The molecule has 0 unspecified atom stereocenters. The fourth-order valence-electron chi connectivity index (χ4n) is 2.59. The number of aryl methyl sites for hydroxylation is 1. The van der Waals surface area contributed by atoms with Crippen LogP contribution in [0.15, 0.2) is 68.6 Å². The molecule has 0 aliphatic heterocycles. The highest BCUT2D eigenvalue weighted by Crippen LogP contribution is 2.30. The Hall–Kier alpha value is -3.06. The van der Waals surface area contributed by atoms with Gasteiger partial charge in [0.1, 0.15) is 17.3 Å². The maximum absolute atomic E-state index is 11.9. The van der Waals surface area contributed by atoms with Gasteiger partial charge in [0, 0.05) is 35.9 Å². The van der Waals surface area contributed by atoms with Gasteiger partial charge in [0.05, 0.1) is 6.21 Å². The molecule has 3 aromatic rings. The summed E-state index contributed by atoms with van der Waals surface area (Å²) < 4.78 is 12.2. The zero-order valence-corrected chi connectivity index (χ0v) is 18.1. The number of nitrogens with zero attached hydrogens (tertiary/aromatic N) is 2. The van der Waals surface area contributed by atoms with Crippen molar-refractivity contribution >= 4 is 33.7 Å². The quantitative estimate of drug-likeness (QED) is 0.417. The topological polar surface area (TPSA) is 67.1 Å². The number of anilines is 1. The van der Waals surface area contributed by atoms with Crippen LogP contribution in [0.4, 0.5) is 5.69 Å². The number of ether oxygens (including phenoxy) is 1. The van der Waals surface area contributed by atoms with E-state index in [0.29, 0.717) is 17.3 Å². The first-order valence-corrected chi connectivity index (χ1v) is 9.80. The van der Waals surface area contributed by atoms with Crippen LogP contribution in [0.3, 0.4) is 0 Å². The molecule has 1 amide bonds. The van der Waals surface area contributed by atoms with Crippen LogP contribution in [0.1, 0.15) is 11.3 Å². The van der Waals surface area contributed by atoms with E-state index in [1.165, 1.54) is 6.21 Å². The molecule has 3 rings (SSSR count). The first-order chi connectivity index (χ1) is 13.9. The van der Waals surface area contributed by atoms with Crippen molar-refractivity contribution in [2.45, 2.75) is 6.92 Å². The van der Waals surface area contributed by atoms with Crippen molar-refractivity contribution in [1.29, 1.82) is 0 Å². The highest BCUT2D eigenvalue weighted by Gasteiger charge is 2.08. The van der Waals surface area contributed by atoms with Crippen LogP contribution < -0.4 is 15.1 Å². The molecule has 0 spiro atoms. The lowest BCUT2D eigenvalue weighted by Gasteiger charge is -2.13. The standard InChI is InChI=1S/C22H22BrN3O3/c1-15-7-9-19(20(23)11-15)21-10-8-18(29-21)13-24-25-22(27)14-28-17-6-4-5-16(12-17)26(2)3/h4-13H,14H2,1-3H3,(H,25,27)/b24-13+. The molecule has 150 valence electrons. The number of benzene rings is 2. The summed E-state index contributed by atoms with van der Waals surface area (Å²) in [6, 6.07) is 17.2. The van der Waals surface area contributed by atoms with Gasteiger partial charge in [0.25, 0.3) is 5.91 Å². The summed E-state index contributed by atoms with van der Waals surface area (Å²) in [6.07, 6.45) is 1.45. The lowest BCUT2D eigenvalue weighted by atomic mass is 10.1. The molecule has 0 saturated heterocycles. The van der Waals surface area contributed by atoms with Crippen molar-refractivity contribution in [2.24, 2.45) is 5.10 Å². The molecule has 29 heavy (non-hydrogen) atoms. The number of furan rings is 1. The summed E-state index contributed by atoms with van der Waals surface area (Å²) in [5.41, 5.74) is 5.54. The molecule has 1 N–H and O–H groups in total. The third-order valence-corrected chi connectivity index (χ3v) is 4.76. The highest BCUT2D eigenvalue weighted by atomic mass is 79.9. The second-order valence-corrected chi connectivity index (χ2v) is 7.51. The molecule has 0 aliphatic carbocycles. The number of carbonyl (C=O) groups excluding carboxylic acids is 1. The van der Waals surface area contributed by atoms with Gasteiger partial charge in [-0.3, -0.25) is 4.79 Å². The van der Waals surface area contributed by atoms with Crippen LogP contribution in [0, 0.1) is 6.92 Å². The minimum atomic E-state index is -0.357. The van der Waals surface area contributed by atoms with Gasteiger partial charge >= 0.3 is 0 Å². The van der Waals surface area contributed by atoms with Crippen LogP contribution in [0.2, 0.25) is 0 Å². The monoisotopic (exact) mass is 455 g/mol. The minimum absolute atomic E-state index is 0.131. The van der Waals surface area contributed by atoms with E-state index in [-0.39, 0.29) is 12.5 Å². The average molecular weight is 456 g/mol. The van der Waals surface area contributed by atoms with Gasteiger partial charge in [0.2, 0.25) is 0 Å². The predicted molar refractivity (Wildman–Crippen MR) is 119 cm³/mol. The molecule has 0 saturated carbocycles. The second-order valence-electron chi connectivity index (χ2n) is 6.66. The van der Waals surface area contributed by atoms with E-state index < -0.39 is 0 Å². The SMILES string of the molecule is Cc1ccc(-c2ccc(/C=N/NC(=O)COc3cccc(N(C)C)c3)o2)c(Br)c1. The number of nitrogens with one attached hydrogen (secondary N) is 1. The van der Waals surface area contributed by atoms with E-state index in [1.807, 2.05) is 68.4 Å². The zero-order chi connectivity index (χ0) is 20.8. The molecule has 1 aromatic heterocycles. The van der Waals surface area contributed by atoms with Gasteiger partial charge in [-0.2, -0.15) is 5.10 Å². The number of halogens is 1. The minimum Gasteiger partial charge on any atom is -0.484 e. The van der Waals surface area contributed by atoms with Crippen molar-refractivity contribution in [3.05, 3.63) is 70.4 Å². The Labute approximate surface area is 178 Å². The third kappa shape index (κ3) is 5.71. The summed E-state index contributed by atoms with van der Waals surface area (Å²) in [5, 5.41) is 3.92. The maximum Gasteiger partial charge on any atom is 0.277 e. The van der Waals surface area contributed by atoms with Crippen LogP contribution >= 0.6 is 15.9 Å². The summed E-state index contributed by atoms with van der Waals surface area (Å²) in [5.74, 6) is 1.51. The number of hydrazone groups is 1. The van der Waals surface area contributed by atoms with Crippen molar-refractivity contribution in [1.82, 2.24) is 5.43 Å². The zero-order valence-electron chi connectivity index (χ0n) is 16.5. The Bertz CT molecular complexity index is 1030. The largest absolute Gasteiger partial charge is 0.484 e. The Kier molecular flexibility index (Phi) is 6.72. The van der Waals surface area contributed by atoms with Gasteiger partial charge in [-0.15, -0.1) is 0 Å².